The van der Waals surface area contributed by atoms with E-state index in [-0.39, 0.29) is 17.2 Å². The lowest BCUT2D eigenvalue weighted by atomic mass is 10.3. The molecule has 6 nitrogen and oxygen atoms in total. The predicted molar refractivity (Wildman–Crippen MR) is 88.6 cm³/mol. The van der Waals surface area contributed by atoms with Gasteiger partial charge >= 0.3 is 0 Å². The van der Waals surface area contributed by atoms with Crippen LogP contribution in [0.1, 0.15) is 5.69 Å². The van der Waals surface area contributed by atoms with E-state index in [4.69, 9.17) is 16.3 Å². The number of thiazole rings is 1. The molecule has 120 valence electrons. The van der Waals surface area contributed by atoms with Gasteiger partial charge in [-0.2, -0.15) is 0 Å². The molecule has 2 aromatic rings. The van der Waals surface area contributed by atoms with Gasteiger partial charge in [-0.25, -0.2) is 18.1 Å². The first-order valence-electron chi connectivity index (χ1n) is 6.41. The van der Waals surface area contributed by atoms with Crippen LogP contribution in [-0.4, -0.2) is 34.1 Å². The van der Waals surface area contributed by atoms with Crippen molar-refractivity contribution < 1.29 is 13.2 Å². The first-order valence-corrected chi connectivity index (χ1v) is 9.15. The average molecular weight is 362 g/mol. The van der Waals surface area contributed by atoms with Gasteiger partial charge in [0.2, 0.25) is 10.0 Å². The van der Waals surface area contributed by atoms with Crippen molar-refractivity contribution in [3.63, 3.8) is 0 Å². The zero-order valence-corrected chi connectivity index (χ0v) is 14.5. The molecule has 0 amide bonds. The molecular weight excluding hydrogens is 346 g/mol. The third kappa shape index (κ3) is 4.10. The lowest BCUT2D eigenvalue weighted by molar-refractivity contribution is 0.402. The smallest absolute Gasteiger partial charge is 0.244 e. The van der Waals surface area contributed by atoms with Crippen molar-refractivity contribution in [3.8, 4) is 5.75 Å². The molecule has 0 atom stereocenters. The van der Waals surface area contributed by atoms with Gasteiger partial charge in [0, 0.05) is 30.4 Å². The molecule has 0 aliphatic heterocycles. The molecule has 9 heteroatoms. The minimum Gasteiger partial charge on any atom is -0.495 e. The van der Waals surface area contributed by atoms with Gasteiger partial charge in [0.05, 0.1) is 12.8 Å². The second-order valence-corrected chi connectivity index (χ2v) is 7.37. The van der Waals surface area contributed by atoms with Crippen molar-refractivity contribution in [2.45, 2.75) is 11.3 Å². The van der Waals surface area contributed by atoms with E-state index in [1.165, 1.54) is 30.6 Å². The van der Waals surface area contributed by atoms with Gasteiger partial charge in [-0.3, -0.25) is 0 Å². The van der Waals surface area contributed by atoms with Crippen LogP contribution in [0, 0.1) is 0 Å². The van der Waals surface area contributed by atoms with Gasteiger partial charge in [0.1, 0.15) is 10.6 Å². The number of benzene rings is 1. The summed E-state index contributed by atoms with van der Waals surface area (Å²) in [6.07, 6.45) is 0.500. The van der Waals surface area contributed by atoms with Crippen LogP contribution >= 0.6 is 22.9 Å². The van der Waals surface area contributed by atoms with Gasteiger partial charge in [0.15, 0.2) is 5.13 Å². The number of halogens is 1. The summed E-state index contributed by atoms with van der Waals surface area (Å²) in [5, 5.41) is 5.96. The Morgan fingerprint density at radius 2 is 2.18 bits per heavy atom. The van der Waals surface area contributed by atoms with E-state index in [1.54, 1.807) is 13.1 Å². The summed E-state index contributed by atoms with van der Waals surface area (Å²) in [7, 11) is -0.492. The monoisotopic (exact) mass is 361 g/mol. The van der Waals surface area contributed by atoms with Crippen molar-refractivity contribution >= 4 is 38.1 Å². The number of methoxy groups -OCH3 is 1. The average Bonchev–Trinajstić information content (AvgIpc) is 2.95. The van der Waals surface area contributed by atoms with Crippen LogP contribution in [0.2, 0.25) is 5.02 Å². The van der Waals surface area contributed by atoms with E-state index in [9.17, 15) is 8.42 Å². The van der Waals surface area contributed by atoms with Crippen molar-refractivity contribution in [3.05, 3.63) is 34.3 Å². The predicted octanol–water partition coefficient (Wildman–Crippen LogP) is 2.37. The first-order chi connectivity index (χ1) is 10.5. The molecule has 0 aliphatic rings. The summed E-state index contributed by atoms with van der Waals surface area (Å²) in [4.78, 5) is 4.32. The Labute approximate surface area is 138 Å². The van der Waals surface area contributed by atoms with E-state index in [1.807, 2.05) is 5.38 Å². The van der Waals surface area contributed by atoms with E-state index in [0.717, 1.165) is 10.8 Å². The highest BCUT2D eigenvalue weighted by Crippen LogP contribution is 2.26. The van der Waals surface area contributed by atoms with Gasteiger partial charge in [-0.05, 0) is 18.2 Å². The molecule has 1 aromatic carbocycles. The second-order valence-electron chi connectivity index (χ2n) is 4.34. The van der Waals surface area contributed by atoms with Gasteiger partial charge in [0.25, 0.3) is 0 Å². The zero-order chi connectivity index (χ0) is 16.2. The van der Waals surface area contributed by atoms with Crippen LogP contribution in [0.3, 0.4) is 0 Å². The third-order valence-corrected chi connectivity index (χ3v) is 5.48. The number of aromatic nitrogens is 1. The Bertz CT molecular complexity index is 747. The van der Waals surface area contributed by atoms with Gasteiger partial charge in [-0.15, -0.1) is 11.3 Å². The molecule has 2 rings (SSSR count). The fourth-order valence-electron chi connectivity index (χ4n) is 1.79. The van der Waals surface area contributed by atoms with E-state index in [0.29, 0.717) is 11.4 Å². The quantitative estimate of drug-likeness (QED) is 0.791. The van der Waals surface area contributed by atoms with Gasteiger partial charge < -0.3 is 10.1 Å². The number of nitrogens with one attached hydrogen (secondary N) is 2. The number of anilines is 1. The molecule has 2 N–H and O–H groups in total. The molecule has 0 bridgehead atoms. The number of sulfonamides is 1. The Hall–Kier alpha value is -1.35. The fourth-order valence-corrected chi connectivity index (χ4v) is 3.96. The fraction of sp³-hybridized carbons (Fsp3) is 0.308. The Kier molecular flexibility index (Phi) is 5.63. The normalized spacial score (nSPS) is 11.4. The Morgan fingerprint density at radius 3 is 2.82 bits per heavy atom. The molecule has 1 heterocycles. The SMILES string of the molecule is CNc1nc(CCNS(=O)(=O)c2cc(Cl)ccc2OC)cs1. The standard InChI is InChI=1S/C13H16ClN3O3S2/c1-15-13-17-10(8-21-13)5-6-16-22(18,19)12-7-9(14)3-4-11(12)20-2/h3-4,7-8,16H,5-6H2,1-2H3,(H,15,17). The number of ether oxygens (including phenoxy) is 1. The lowest BCUT2D eigenvalue weighted by Crippen LogP contribution is -2.26. The molecule has 0 fully saturated rings. The maximum atomic E-state index is 12.3. The molecule has 0 aliphatic carbocycles. The largest absolute Gasteiger partial charge is 0.495 e. The van der Waals surface area contributed by atoms with Crippen LogP contribution in [0.5, 0.6) is 5.75 Å². The minimum atomic E-state index is -3.69. The molecule has 0 spiro atoms. The van der Waals surface area contributed by atoms with Crippen LogP contribution < -0.4 is 14.8 Å². The van der Waals surface area contributed by atoms with Crippen LogP contribution in [0.15, 0.2) is 28.5 Å². The first kappa shape index (κ1) is 17.0. The molecular formula is C13H16ClN3O3S2. The highest BCUT2D eigenvalue weighted by molar-refractivity contribution is 7.89. The Morgan fingerprint density at radius 1 is 1.41 bits per heavy atom. The molecule has 0 saturated heterocycles. The van der Waals surface area contributed by atoms with Crippen LogP contribution in [-0.2, 0) is 16.4 Å². The lowest BCUT2D eigenvalue weighted by Gasteiger charge is -2.10. The number of hydrogen-bond donors (Lipinski definition) is 2. The topological polar surface area (TPSA) is 80.3 Å². The van der Waals surface area contributed by atoms with Crippen molar-refractivity contribution in [1.29, 1.82) is 0 Å². The maximum Gasteiger partial charge on any atom is 0.244 e. The van der Waals surface area contributed by atoms with E-state index < -0.39 is 10.0 Å². The summed E-state index contributed by atoms with van der Waals surface area (Å²) < 4.78 is 32.3. The molecule has 1 aromatic heterocycles. The maximum absolute atomic E-state index is 12.3. The van der Waals surface area contributed by atoms with E-state index >= 15 is 0 Å². The van der Waals surface area contributed by atoms with Crippen LogP contribution in [0.25, 0.3) is 0 Å². The van der Waals surface area contributed by atoms with Crippen molar-refractivity contribution in [2.75, 3.05) is 26.0 Å². The van der Waals surface area contributed by atoms with Crippen molar-refractivity contribution in [2.24, 2.45) is 0 Å². The summed E-state index contributed by atoms with van der Waals surface area (Å²) in [5.41, 5.74) is 0.829. The number of hydrogen-bond acceptors (Lipinski definition) is 6. The van der Waals surface area contributed by atoms with Crippen molar-refractivity contribution in [1.82, 2.24) is 9.71 Å². The van der Waals surface area contributed by atoms with Crippen LogP contribution in [0.4, 0.5) is 5.13 Å². The minimum absolute atomic E-state index is 0.0247. The van der Waals surface area contributed by atoms with E-state index in [2.05, 4.69) is 15.0 Å². The summed E-state index contributed by atoms with van der Waals surface area (Å²) in [6, 6.07) is 4.47. The summed E-state index contributed by atoms with van der Waals surface area (Å²) in [5.74, 6) is 0.253. The molecule has 0 radical (unpaired) electrons. The molecule has 22 heavy (non-hydrogen) atoms. The summed E-state index contributed by atoms with van der Waals surface area (Å²) in [6.45, 7) is 0.241. The molecule has 0 saturated carbocycles. The van der Waals surface area contributed by atoms with Gasteiger partial charge in [-0.1, -0.05) is 11.6 Å². The zero-order valence-electron chi connectivity index (χ0n) is 12.1. The highest BCUT2D eigenvalue weighted by Gasteiger charge is 2.19. The molecule has 0 unspecified atom stereocenters. The third-order valence-electron chi connectivity index (χ3n) is 2.85. The highest BCUT2D eigenvalue weighted by atomic mass is 35.5. The number of nitrogens with zero attached hydrogens (tertiary/aromatic N) is 1. The second kappa shape index (κ2) is 7.28. The number of rotatable bonds is 7. The Balaban J connectivity index is 2.06. The summed E-state index contributed by atoms with van der Waals surface area (Å²) >= 11 is 7.34.